The molecular formula is C58H107NO5. The summed E-state index contributed by atoms with van der Waals surface area (Å²) >= 11 is 0. The monoisotopic (exact) mass is 898 g/mol. The maximum absolute atomic E-state index is 13.2. The molecule has 3 unspecified atom stereocenters. The summed E-state index contributed by atoms with van der Waals surface area (Å²) in [6.07, 6.45) is 63.1. The largest absolute Gasteiger partial charge is 0.462 e. The smallest absolute Gasteiger partial charge is 0.306 e. The molecule has 3 atom stereocenters. The van der Waals surface area contributed by atoms with Crippen LogP contribution in [0.1, 0.15) is 284 Å². The van der Waals surface area contributed by atoms with Gasteiger partial charge in [0, 0.05) is 6.42 Å². The number of carbonyl (C=O) groups is 2. The van der Waals surface area contributed by atoms with E-state index in [-0.39, 0.29) is 24.9 Å². The molecule has 0 radical (unpaired) electrons. The van der Waals surface area contributed by atoms with Crippen molar-refractivity contribution >= 4 is 11.9 Å². The molecule has 0 rings (SSSR count). The molecule has 0 fully saturated rings. The Hall–Kier alpha value is -2.18. The Kier molecular flexibility index (Phi) is 50.0. The number of ether oxygens (including phenoxy) is 1. The van der Waals surface area contributed by atoms with Gasteiger partial charge in [-0.25, -0.2) is 0 Å². The molecule has 6 heteroatoms. The number of aliphatic hydroxyl groups is 2. The predicted octanol–water partition coefficient (Wildman–Crippen LogP) is 17.0. The van der Waals surface area contributed by atoms with Gasteiger partial charge < -0.3 is 20.3 Å². The summed E-state index contributed by atoms with van der Waals surface area (Å²) in [5, 5.41) is 23.8. The zero-order chi connectivity index (χ0) is 46.7. The third-order valence-corrected chi connectivity index (χ3v) is 12.7. The number of hydrogen-bond acceptors (Lipinski definition) is 5. The predicted molar refractivity (Wildman–Crippen MR) is 278 cm³/mol. The van der Waals surface area contributed by atoms with Crippen molar-refractivity contribution in [1.29, 1.82) is 0 Å². The Morgan fingerprint density at radius 2 is 0.812 bits per heavy atom. The van der Waals surface area contributed by atoms with Gasteiger partial charge in [0.25, 0.3) is 0 Å². The summed E-state index contributed by atoms with van der Waals surface area (Å²) in [7, 11) is 0. The van der Waals surface area contributed by atoms with E-state index in [2.05, 4.69) is 74.7 Å². The zero-order valence-corrected chi connectivity index (χ0v) is 42.7. The van der Waals surface area contributed by atoms with Crippen molar-refractivity contribution in [2.75, 3.05) is 6.61 Å². The normalized spacial score (nSPS) is 13.5. The molecule has 1 amide bonds. The number of carbonyl (C=O) groups excluding carboxylic acids is 2. The quantitative estimate of drug-likeness (QED) is 0.0245. The number of unbranched alkanes of at least 4 members (excludes halogenated alkanes) is 32. The van der Waals surface area contributed by atoms with E-state index < -0.39 is 18.2 Å². The van der Waals surface area contributed by atoms with Crippen molar-refractivity contribution in [2.24, 2.45) is 0 Å². The fourth-order valence-electron chi connectivity index (χ4n) is 8.43. The molecule has 0 aromatic carbocycles. The van der Waals surface area contributed by atoms with E-state index in [0.717, 1.165) is 83.5 Å². The molecule has 6 nitrogen and oxygen atoms in total. The molecule has 0 aromatic rings. The van der Waals surface area contributed by atoms with Crippen LogP contribution in [-0.2, 0) is 14.3 Å². The molecule has 0 saturated carbocycles. The second-order valence-electron chi connectivity index (χ2n) is 19.0. The number of rotatable bonds is 50. The van der Waals surface area contributed by atoms with E-state index in [1.54, 1.807) is 0 Å². The number of esters is 1. The van der Waals surface area contributed by atoms with Crippen LogP contribution in [0.4, 0.5) is 0 Å². The Balaban J connectivity index is 4.62. The average molecular weight is 898 g/mol. The zero-order valence-electron chi connectivity index (χ0n) is 42.7. The number of amides is 1. The summed E-state index contributed by atoms with van der Waals surface area (Å²) in [4.78, 5) is 26.2. The van der Waals surface area contributed by atoms with Crippen LogP contribution in [0.3, 0.4) is 0 Å². The average Bonchev–Trinajstić information content (AvgIpc) is 3.29. The van der Waals surface area contributed by atoms with Crippen molar-refractivity contribution in [3.8, 4) is 0 Å². The minimum atomic E-state index is -0.800. The van der Waals surface area contributed by atoms with Gasteiger partial charge in [0.05, 0.1) is 25.2 Å². The van der Waals surface area contributed by atoms with Gasteiger partial charge in [-0.15, -0.1) is 0 Å². The van der Waals surface area contributed by atoms with Crippen LogP contribution in [0.2, 0.25) is 0 Å². The first-order valence-electron chi connectivity index (χ1n) is 27.9. The summed E-state index contributed by atoms with van der Waals surface area (Å²) in [6, 6.07) is -0.716. The molecule has 3 N–H and O–H groups in total. The van der Waals surface area contributed by atoms with Crippen molar-refractivity contribution in [3.05, 3.63) is 48.6 Å². The molecular weight excluding hydrogens is 791 g/mol. The Morgan fingerprint density at radius 1 is 0.453 bits per heavy atom. The van der Waals surface area contributed by atoms with Crippen molar-refractivity contribution < 1.29 is 24.5 Å². The molecule has 0 aliphatic carbocycles. The Bertz CT molecular complexity index is 1100. The van der Waals surface area contributed by atoms with Crippen LogP contribution in [-0.4, -0.2) is 46.9 Å². The van der Waals surface area contributed by atoms with Crippen LogP contribution < -0.4 is 5.32 Å². The third-order valence-electron chi connectivity index (χ3n) is 12.7. The van der Waals surface area contributed by atoms with E-state index in [1.165, 1.54) is 154 Å². The number of aliphatic hydroxyl groups excluding tert-OH is 2. The van der Waals surface area contributed by atoms with E-state index >= 15 is 0 Å². The Labute approximate surface area is 397 Å². The van der Waals surface area contributed by atoms with Crippen molar-refractivity contribution in [3.63, 3.8) is 0 Å². The van der Waals surface area contributed by atoms with Gasteiger partial charge in [0.1, 0.15) is 6.10 Å². The van der Waals surface area contributed by atoms with E-state index in [9.17, 15) is 19.8 Å². The minimum Gasteiger partial charge on any atom is -0.462 e. The van der Waals surface area contributed by atoms with Gasteiger partial charge in [-0.3, -0.25) is 9.59 Å². The molecule has 0 heterocycles. The van der Waals surface area contributed by atoms with E-state index in [0.29, 0.717) is 19.3 Å². The van der Waals surface area contributed by atoms with Gasteiger partial charge in [-0.05, 0) is 77.0 Å². The molecule has 0 aliphatic rings. The maximum atomic E-state index is 13.2. The van der Waals surface area contributed by atoms with Crippen LogP contribution >= 0.6 is 0 Å². The number of nitrogens with one attached hydrogen (secondary N) is 1. The van der Waals surface area contributed by atoms with Crippen LogP contribution in [0.15, 0.2) is 48.6 Å². The van der Waals surface area contributed by atoms with E-state index in [4.69, 9.17) is 4.74 Å². The maximum Gasteiger partial charge on any atom is 0.306 e. The lowest BCUT2D eigenvalue weighted by molar-refractivity contribution is -0.151. The minimum absolute atomic E-state index is 0.0500. The highest BCUT2D eigenvalue weighted by molar-refractivity contribution is 5.77. The van der Waals surface area contributed by atoms with Crippen molar-refractivity contribution in [2.45, 2.75) is 302 Å². The second-order valence-corrected chi connectivity index (χ2v) is 19.0. The lowest BCUT2D eigenvalue weighted by Crippen LogP contribution is -2.46. The van der Waals surface area contributed by atoms with Crippen LogP contribution in [0, 0.1) is 0 Å². The first-order chi connectivity index (χ1) is 31.5. The SMILES string of the molecule is CCCCCCC/C=C/C=C/C=C/CCCCCC(CC(=O)NC(CO)C(O)CCCCCCCCCCCCCCCCCC)OC(=O)CCCCC/C=C\CCCCCCCC. The molecule has 64 heavy (non-hydrogen) atoms. The molecule has 0 bridgehead atoms. The lowest BCUT2D eigenvalue weighted by atomic mass is 10.0. The first-order valence-corrected chi connectivity index (χ1v) is 27.9. The fraction of sp³-hybridized carbons (Fsp3) is 0.828. The molecule has 0 aliphatic heterocycles. The molecule has 374 valence electrons. The Morgan fingerprint density at radius 3 is 1.25 bits per heavy atom. The topological polar surface area (TPSA) is 95.9 Å². The lowest BCUT2D eigenvalue weighted by Gasteiger charge is -2.24. The second kappa shape index (κ2) is 51.8. The molecule has 0 spiro atoms. The first kappa shape index (κ1) is 61.8. The van der Waals surface area contributed by atoms with Gasteiger partial charge >= 0.3 is 5.97 Å². The third kappa shape index (κ3) is 46.4. The van der Waals surface area contributed by atoms with Gasteiger partial charge in [-0.1, -0.05) is 243 Å². The standard InChI is InChI=1S/C58H107NO5/c1-4-7-10-13-16-19-22-25-27-29-32-34-37-40-43-46-49-54(64-58(63)51-48-45-42-39-36-31-24-21-18-15-12-9-6-3)52-57(62)59-55(53-60)56(61)50-47-44-41-38-35-33-30-28-26-23-20-17-14-11-8-5-2/h22,25,27,29,31-32,34,36,54-56,60-61H,4-21,23-24,26,28,30,33,35,37-53H2,1-3H3,(H,59,62)/b25-22+,29-27+,34-32+,36-31-. The highest BCUT2D eigenvalue weighted by atomic mass is 16.5. The van der Waals surface area contributed by atoms with Gasteiger partial charge in [-0.2, -0.15) is 0 Å². The summed E-state index contributed by atoms with van der Waals surface area (Å²) in [6.45, 7) is 6.47. The summed E-state index contributed by atoms with van der Waals surface area (Å²) in [5.74, 6) is -0.519. The van der Waals surface area contributed by atoms with Gasteiger partial charge in [0.15, 0.2) is 0 Å². The van der Waals surface area contributed by atoms with Crippen LogP contribution in [0.25, 0.3) is 0 Å². The molecule has 0 aromatic heterocycles. The fourth-order valence-corrected chi connectivity index (χ4v) is 8.43. The highest BCUT2D eigenvalue weighted by Gasteiger charge is 2.24. The van der Waals surface area contributed by atoms with Crippen LogP contribution in [0.5, 0.6) is 0 Å². The molecule has 0 saturated heterocycles. The van der Waals surface area contributed by atoms with Crippen molar-refractivity contribution in [1.82, 2.24) is 5.32 Å². The number of hydrogen-bond donors (Lipinski definition) is 3. The number of allylic oxidation sites excluding steroid dienone is 8. The highest BCUT2D eigenvalue weighted by Crippen LogP contribution is 2.18. The summed E-state index contributed by atoms with van der Waals surface area (Å²) in [5.41, 5.74) is 0. The van der Waals surface area contributed by atoms with E-state index in [1.807, 2.05) is 0 Å². The van der Waals surface area contributed by atoms with Gasteiger partial charge in [0.2, 0.25) is 5.91 Å². The summed E-state index contributed by atoms with van der Waals surface area (Å²) < 4.78 is 5.92.